The number of aromatic nitrogens is 4. The highest BCUT2D eigenvalue weighted by molar-refractivity contribution is 6.40. The molecule has 1 heterocycles. The van der Waals surface area contributed by atoms with Crippen molar-refractivity contribution in [3.63, 3.8) is 0 Å². The van der Waals surface area contributed by atoms with Crippen molar-refractivity contribution < 1.29 is 24.6 Å². The van der Waals surface area contributed by atoms with E-state index in [1.165, 1.54) is 16.8 Å². The highest BCUT2D eigenvalue weighted by atomic mass is 35.5. The lowest BCUT2D eigenvalue weighted by Gasteiger charge is -2.16. The predicted octanol–water partition coefficient (Wildman–Crippen LogP) is 5.62. The number of carboxylic acid groups (broad SMARTS) is 1. The van der Waals surface area contributed by atoms with Crippen LogP contribution in [0, 0.1) is 0 Å². The van der Waals surface area contributed by atoms with Gasteiger partial charge < -0.3 is 26.2 Å². The van der Waals surface area contributed by atoms with Gasteiger partial charge in [-0.1, -0.05) is 70.2 Å². The van der Waals surface area contributed by atoms with E-state index in [1.54, 1.807) is 66.7 Å². The molecule has 1 aromatic heterocycles. The number of hydrogen-bond donors (Lipinski definition) is 5. The quantitative estimate of drug-likeness (QED) is 0.119. The second-order valence-corrected chi connectivity index (χ2v) is 11.1. The summed E-state index contributed by atoms with van der Waals surface area (Å²) >= 11 is 18.7. The van der Waals surface area contributed by atoms with Crippen LogP contribution in [0.1, 0.15) is 31.8 Å². The zero-order chi connectivity index (χ0) is 32.8. The molecular formula is C31H24Cl3N7O5. The largest absolute Gasteiger partial charge is 0.508 e. The number of anilines is 2. The van der Waals surface area contributed by atoms with Crippen LogP contribution in [0.4, 0.5) is 11.6 Å². The second-order valence-electron chi connectivity index (χ2n) is 9.92. The Bertz CT molecular complexity index is 1900. The Balaban J connectivity index is 1.22. The Kier molecular flexibility index (Phi) is 10.0. The molecule has 0 aliphatic heterocycles. The number of tetrazole rings is 1. The van der Waals surface area contributed by atoms with Crippen LogP contribution in [0.5, 0.6) is 5.75 Å². The summed E-state index contributed by atoms with van der Waals surface area (Å²) < 4.78 is 1.38. The zero-order valence-corrected chi connectivity index (χ0v) is 25.9. The van der Waals surface area contributed by atoms with Crippen LogP contribution in [0.3, 0.4) is 0 Å². The monoisotopic (exact) mass is 679 g/mol. The molecule has 46 heavy (non-hydrogen) atoms. The van der Waals surface area contributed by atoms with E-state index < -0.39 is 23.8 Å². The van der Waals surface area contributed by atoms with Crippen LogP contribution in [-0.4, -0.2) is 54.2 Å². The van der Waals surface area contributed by atoms with Crippen LogP contribution in [0.2, 0.25) is 15.1 Å². The Morgan fingerprint density at radius 2 is 1.54 bits per heavy atom. The topological polar surface area (TPSA) is 171 Å². The molecule has 2 amide bonds. The van der Waals surface area contributed by atoms with Gasteiger partial charge in [0.05, 0.1) is 31.9 Å². The molecular weight excluding hydrogens is 657 g/mol. The molecule has 15 heteroatoms. The molecule has 0 fully saturated rings. The van der Waals surface area contributed by atoms with Crippen LogP contribution in [0.15, 0.2) is 84.9 Å². The fraction of sp³-hybridized carbons (Fsp3) is 0.0968. The first-order valence-electron chi connectivity index (χ1n) is 13.6. The first-order chi connectivity index (χ1) is 22.1. The van der Waals surface area contributed by atoms with Crippen LogP contribution in [0.25, 0.3) is 5.69 Å². The molecule has 0 bridgehead atoms. The van der Waals surface area contributed by atoms with Gasteiger partial charge in [-0.15, -0.1) is 0 Å². The molecule has 0 saturated heterocycles. The van der Waals surface area contributed by atoms with Crippen LogP contribution < -0.4 is 16.0 Å². The van der Waals surface area contributed by atoms with E-state index in [4.69, 9.17) is 34.8 Å². The zero-order valence-electron chi connectivity index (χ0n) is 23.6. The summed E-state index contributed by atoms with van der Waals surface area (Å²) in [6.45, 7) is 0.328. The third kappa shape index (κ3) is 7.72. The molecule has 4 aromatic carbocycles. The van der Waals surface area contributed by atoms with Crippen molar-refractivity contribution in [3.8, 4) is 11.4 Å². The van der Waals surface area contributed by atoms with Crippen molar-refractivity contribution in [1.82, 2.24) is 25.5 Å². The van der Waals surface area contributed by atoms with Crippen molar-refractivity contribution in [2.45, 2.75) is 19.0 Å². The minimum Gasteiger partial charge on any atom is -0.508 e. The maximum Gasteiger partial charge on any atom is 0.326 e. The highest BCUT2D eigenvalue weighted by Gasteiger charge is 2.23. The maximum absolute atomic E-state index is 13.1. The van der Waals surface area contributed by atoms with E-state index >= 15 is 0 Å². The number of benzene rings is 4. The van der Waals surface area contributed by atoms with Crippen molar-refractivity contribution in [1.29, 1.82) is 0 Å². The standard InChI is InChI=1S/C31H24Cl3N7O5/c32-23-5-2-6-24(33)27(23)29(44)36-19-9-7-17(8-10-19)14-26(30(45)46)37-28(43)22-12-11-20(15-25(22)34)41-31(38-39-40-41)35-16-18-3-1-4-21(42)13-18/h1-13,15,26,42H,14,16H2,(H,36,44)(H,37,43)(H,45,46)(H,35,38,40). The molecule has 5 aromatic rings. The third-order valence-electron chi connectivity index (χ3n) is 6.72. The summed E-state index contributed by atoms with van der Waals surface area (Å²) in [6.07, 6.45) is -0.0415. The summed E-state index contributed by atoms with van der Waals surface area (Å²) in [5.74, 6) is -2.01. The Labute approximate surface area is 276 Å². The summed E-state index contributed by atoms with van der Waals surface area (Å²) in [4.78, 5) is 37.8. The number of nitrogens with one attached hydrogen (secondary N) is 3. The average molecular weight is 681 g/mol. The average Bonchev–Trinajstić information content (AvgIpc) is 3.49. The van der Waals surface area contributed by atoms with Gasteiger partial charge in [-0.05, 0) is 76.2 Å². The Morgan fingerprint density at radius 3 is 2.22 bits per heavy atom. The second kappa shape index (κ2) is 14.3. The van der Waals surface area contributed by atoms with Crippen LogP contribution >= 0.6 is 34.8 Å². The summed E-state index contributed by atoms with van der Waals surface area (Å²) in [7, 11) is 0. The smallest absolute Gasteiger partial charge is 0.326 e. The molecule has 12 nitrogen and oxygen atoms in total. The molecule has 0 aliphatic rings. The fourth-order valence-electron chi connectivity index (χ4n) is 4.44. The van der Waals surface area contributed by atoms with Crippen molar-refractivity contribution in [2.75, 3.05) is 10.6 Å². The first-order valence-corrected chi connectivity index (χ1v) is 14.7. The van der Waals surface area contributed by atoms with E-state index in [-0.39, 0.29) is 38.4 Å². The van der Waals surface area contributed by atoms with Gasteiger partial charge in [-0.2, -0.15) is 4.68 Å². The van der Waals surface area contributed by atoms with E-state index in [0.29, 0.717) is 29.4 Å². The molecule has 1 atom stereocenters. The summed E-state index contributed by atoms with van der Waals surface area (Å²) in [5.41, 5.74) is 2.46. The summed E-state index contributed by atoms with van der Waals surface area (Å²) in [6, 6.07) is 21.1. The number of aliphatic carboxylic acids is 1. The number of nitrogens with zero attached hydrogens (tertiary/aromatic N) is 4. The maximum atomic E-state index is 13.1. The molecule has 0 aliphatic carbocycles. The number of phenols is 1. The molecule has 0 radical (unpaired) electrons. The highest BCUT2D eigenvalue weighted by Crippen LogP contribution is 2.26. The predicted molar refractivity (Wildman–Crippen MR) is 173 cm³/mol. The van der Waals surface area contributed by atoms with Gasteiger partial charge in [0.25, 0.3) is 11.8 Å². The van der Waals surface area contributed by atoms with Gasteiger partial charge in [-0.3, -0.25) is 9.59 Å². The number of amides is 2. The number of aromatic hydroxyl groups is 1. The first kappa shape index (κ1) is 32.2. The van der Waals surface area contributed by atoms with Gasteiger partial charge in [0.2, 0.25) is 5.95 Å². The number of carbonyl (C=O) groups is 3. The normalized spacial score (nSPS) is 11.5. The van der Waals surface area contributed by atoms with Crippen molar-refractivity contribution >= 4 is 64.2 Å². The third-order valence-corrected chi connectivity index (χ3v) is 7.66. The van der Waals surface area contributed by atoms with Gasteiger partial charge >= 0.3 is 5.97 Å². The molecule has 5 rings (SSSR count). The van der Waals surface area contributed by atoms with Gasteiger partial charge in [0, 0.05) is 18.7 Å². The molecule has 234 valence electrons. The van der Waals surface area contributed by atoms with E-state index in [9.17, 15) is 24.6 Å². The summed E-state index contributed by atoms with van der Waals surface area (Å²) in [5, 5.41) is 39.9. The molecule has 0 spiro atoms. The number of rotatable bonds is 11. The van der Waals surface area contributed by atoms with Gasteiger partial charge in [0.15, 0.2) is 0 Å². The number of carbonyl (C=O) groups excluding carboxylic acids is 2. The number of phenolic OH excluding ortho intramolecular Hbond substituents is 1. The minimum atomic E-state index is -1.28. The number of carboxylic acids is 1. The molecule has 0 saturated carbocycles. The lowest BCUT2D eigenvalue weighted by molar-refractivity contribution is -0.139. The molecule has 5 N–H and O–H groups in total. The van der Waals surface area contributed by atoms with Gasteiger partial charge in [0.1, 0.15) is 11.8 Å². The minimum absolute atomic E-state index is 0.0415. The number of hydrogen-bond acceptors (Lipinski definition) is 8. The number of halogens is 3. The lowest BCUT2D eigenvalue weighted by atomic mass is 10.0. The van der Waals surface area contributed by atoms with Gasteiger partial charge in [-0.25, -0.2) is 4.79 Å². The SMILES string of the molecule is O=C(NC(Cc1ccc(NC(=O)c2c(Cl)cccc2Cl)cc1)C(=O)O)c1ccc(-n2nnnc2NCc2cccc(O)c2)cc1Cl. The fourth-order valence-corrected chi connectivity index (χ4v) is 5.27. The lowest BCUT2D eigenvalue weighted by Crippen LogP contribution is -2.42. The molecule has 1 unspecified atom stereocenters. The van der Waals surface area contributed by atoms with E-state index in [0.717, 1.165) is 5.56 Å². The Morgan fingerprint density at radius 1 is 0.826 bits per heavy atom. The van der Waals surface area contributed by atoms with Crippen molar-refractivity contribution in [3.05, 3.63) is 122 Å². The Hall–Kier alpha value is -5.17. The van der Waals surface area contributed by atoms with Crippen LogP contribution in [-0.2, 0) is 17.8 Å². The van der Waals surface area contributed by atoms with E-state index in [2.05, 4.69) is 31.5 Å². The van der Waals surface area contributed by atoms with E-state index in [1.807, 2.05) is 6.07 Å². The van der Waals surface area contributed by atoms with Crippen molar-refractivity contribution in [2.24, 2.45) is 0 Å².